The molecule has 1 aromatic rings. The zero-order valence-corrected chi connectivity index (χ0v) is 15.9. The Hall–Kier alpha value is -0.370. The molecular weight excluding hydrogens is 383 g/mol. The molecule has 0 bridgehead atoms. The van der Waals surface area contributed by atoms with Crippen LogP contribution >= 0.6 is 35.3 Å². The fourth-order valence-electron chi connectivity index (χ4n) is 1.72. The number of nitrogens with zero attached hydrogens (tertiary/aromatic N) is 2. The van der Waals surface area contributed by atoms with E-state index < -0.39 is 0 Å². The molecule has 2 N–H and O–H groups in total. The minimum atomic E-state index is 0. The Morgan fingerprint density at radius 1 is 1.25 bits per heavy atom. The molecule has 0 fully saturated rings. The van der Waals surface area contributed by atoms with E-state index in [4.69, 9.17) is 0 Å². The molecule has 1 heterocycles. The van der Waals surface area contributed by atoms with Crippen molar-refractivity contribution < 1.29 is 0 Å². The van der Waals surface area contributed by atoms with Crippen molar-refractivity contribution in [3.8, 4) is 0 Å². The van der Waals surface area contributed by atoms with E-state index in [1.54, 1.807) is 11.3 Å². The van der Waals surface area contributed by atoms with Crippen molar-refractivity contribution in [3.05, 3.63) is 16.1 Å². The number of halogens is 1. The normalized spacial score (nSPS) is 11.1. The maximum atomic E-state index is 4.56. The van der Waals surface area contributed by atoms with E-state index >= 15 is 0 Å². The van der Waals surface area contributed by atoms with Gasteiger partial charge < -0.3 is 10.6 Å². The second kappa shape index (κ2) is 12.4. The predicted molar refractivity (Wildman–Crippen MR) is 99.2 cm³/mol. The van der Waals surface area contributed by atoms with E-state index in [0.29, 0.717) is 6.54 Å². The zero-order valence-electron chi connectivity index (χ0n) is 12.7. The maximum absolute atomic E-state index is 4.56. The molecule has 0 saturated carbocycles. The highest BCUT2D eigenvalue weighted by Crippen LogP contribution is 2.11. The first-order valence-corrected chi connectivity index (χ1v) is 8.01. The van der Waals surface area contributed by atoms with Crippen LogP contribution in [0.15, 0.2) is 11.2 Å². The van der Waals surface area contributed by atoms with E-state index in [2.05, 4.69) is 41.4 Å². The first-order chi connectivity index (χ1) is 9.26. The van der Waals surface area contributed by atoms with Gasteiger partial charge in [0.1, 0.15) is 5.01 Å². The highest BCUT2D eigenvalue weighted by molar-refractivity contribution is 14.0. The largest absolute Gasteiger partial charge is 0.357 e. The Kier molecular flexibility index (Phi) is 12.1. The van der Waals surface area contributed by atoms with Crippen LogP contribution in [-0.4, -0.2) is 24.0 Å². The number of hydrogen-bond donors (Lipinski definition) is 2. The van der Waals surface area contributed by atoms with Gasteiger partial charge in [-0.15, -0.1) is 35.3 Å². The van der Waals surface area contributed by atoms with Crippen LogP contribution in [0.2, 0.25) is 0 Å². The average molecular weight is 410 g/mol. The van der Waals surface area contributed by atoms with E-state index in [1.165, 1.54) is 30.6 Å². The van der Waals surface area contributed by atoms with Gasteiger partial charge in [0.05, 0.1) is 6.54 Å². The summed E-state index contributed by atoms with van der Waals surface area (Å²) in [6.45, 7) is 8.92. The lowest BCUT2D eigenvalue weighted by atomic mass is 10.2. The monoisotopic (exact) mass is 410 g/mol. The quantitative estimate of drug-likeness (QED) is 0.297. The fraction of sp³-hybridized carbons (Fsp3) is 0.714. The van der Waals surface area contributed by atoms with Gasteiger partial charge in [-0.3, -0.25) is 0 Å². The number of thiazole rings is 1. The Bertz CT molecular complexity index is 379. The van der Waals surface area contributed by atoms with Crippen molar-refractivity contribution in [1.82, 2.24) is 15.6 Å². The van der Waals surface area contributed by atoms with Crippen LogP contribution in [0.1, 0.15) is 49.4 Å². The lowest BCUT2D eigenvalue weighted by molar-refractivity contribution is 0.647. The van der Waals surface area contributed by atoms with Gasteiger partial charge in [0.15, 0.2) is 5.96 Å². The highest BCUT2D eigenvalue weighted by Gasteiger charge is 2.00. The summed E-state index contributed by atoms with van der Waals surface area (Å²) in [5, 5.41) is 7.71. The second-order valence-electron chi connectivity index (χ2n) is 4.55. The summed E-state index contributed by atoms with van der Waals surface area (Å²) in [7, 11) is 0. The molecule has 4 nitrogen and oxygen atoms in total. The van der Waals surface area contributed by atoms with Crippen LogP contribution in [0.4, 0.5) is 0 Å². The average Bonchev–Trinajstić information content (AvgIpc) is 2.81. The molecule has 0 aliphatic rings. The lowest BCUT2D eigenvalue weighted by Gasteiger charge is -2.10. The SMILES string of the molecule is CCCCCCNC(=NCc1ncc(C)s1)NCC.I. The van der Waals surface area contributed by atoms with E-state index in [1.807, 2.05) is 6.20 Å². The van der Waals surface area contributed by atoms with Crippen LogP contribution in [0, 0.1) is 6.92 Å². The van der Waals surface area contributed by atoms with Crippen molar-refractivity contribution in [1.29, 1.82) is 0 Å². The van der Waals surface area contributed by atoms with Crippen LogP contribution in [0.5, 0.6) is 0 Å². The number of aromatic nitrogens is 1. The van der Waals surface area contributed by atoms with Gasteiger partial charge >= 0.3 is 0 Å². The Labute approximate surface area is 143 Å². The highest BCUT2D eigenvalue weighted by atomic mass is 127. The van der Waals surface area contributed by atoms with Gasteiger partial charge in [-0.1, -0.05) is 26.2 Å². The summed E-state index contributed by atoms with van der Waals surface area (Å²) in [5.41, 5.74) is 0. The molecule has 20 heavy (non-hydrogen) atoms. The van der Waals surface area contributed by atoms with Gasteiger partial charge in [0.2, 0.25) is 0 Å². The predicted octanol–water partition coefficient (Wildman–Crippen LogP) is 3.70. The van der Waals surface area contributed by atoms with Crippen molar-refractivity contribution >= 4 is 41.3 Å². The van der Waals surface area contributed by atoms with E-state index in [0.717, 1.165) is 24.1 Å². The third-order valence-corrected chi connectivity index (χ3v) is 3.61. The summed E-state index contributed by atoms with van der Waals surface area (Å²) >= 11 is 1.71. The molecule has 1 rings (SSSR count). The smallest absolute Gasteiger partial charge is 0.191 e. The van der Waals surface area contributed by atoms with E-state index in [-0.39, 0.29) is 24.0 Å². The van der Waals surface area contributed by atoms with Crippen LogP contribution in [0.25, 0.3) is 0 Å². The van der Waals surface area contributed by atoms with Crippen molar-refractivity contribution in [2.24, 2.45) is 4.99 Å². The molecule has 0 aliphatic carbocycles. The third kappa shape index (κ3) is 8.73. The molecular formula is C14H27IN4S. The molecule has 1 aromatic heterocycles. The minimum Gasteiger partial charge on any atom is -0.357 e. The fourth-order valence-corrected chi connectivity index (χ4v) is 2.43. The number of rotatable bonds is 8. The Morgan fingerprint density at radius 2 is 2.05 bits per heavy atom. The molecule has 0 aliphatic heterocycles. The Morgan fingerprint density at radius 3 is 2.65 bits per heavy atom. The number of guanidine groups is 1. The molecule has 0 amide bonds. The topological polar surface area (TPSA) is 49.3 Å². The van der Waals surface area contributed by atoms with Gasteiger partial charge in [0, 0.05) is 24.2 Å². The molecule has 0 aromatic carbocycles. The van der Waals surface area contributed by atoms with Crippen LogP contribution in [-0.2, 0) is 6.54 Å². The molecule has 0 saturated heterocycles. The van der Waals surface area contributed by atoms with Crippen molar-refractivity contribution in [3.63, 3.8) is 0 Å². The van der Waals surface area contributed by atoms with Crippen LogP contribution in [0.3, 0.4) is 0 Å². The van der Waals surface area contributed by atoms with E-state index in [9.17, 15) is 0 Å². The van der Waals surface area contributed by atoms with Gasteiger partial charge in [-0.2, -0.15) is 0 Å². The minimum absolute atomic E-state index is 0. The first kappa shape index (κ1) is 19.6. The molecule has 0 atom stereocenters. The maximum Gasteiger partial charge on any atom is 0.191 e. The number of aryl methyl sites for hydroxylation is 1. The summed E-state index contributed by atoms with van der Waals surface area (Å²) in [6, 6.07) is 0. The molecule has 0 radical (unpaired) electrons. The van der Waals surface area contributed by atoms with Gasteiger partial charge in [0.25, 0.3) is 0 Å². The molecule has 0 spiro atoms. The molecule has 116 valence electrons. The van der Waals surface area contributed by atoms with Crippen molar-refractivity contribution in [2.75, 3.05) is 13.1 Å². The summed E-state index contributed by atoms with van der Waals surface area (Å²) < 4.78 is 0. The molecule has 0 unspecified atom stereocenters. The first-order valence-electron chi connectivity index (χ1n) is 7.19. The zero-order chi connectivity index (χ0) is 13.9. The summed E-state index contributed by atoms with van der Waals surface area (Å²) in [4.78, 5) is 10.1. The van der Waals surface area contributed by atoms with Crippen molar-refractivity contribution in [2.45, 2.75) is 53.0 Å². The van der Waals surface area contributed by atoms with Crippen LogP contribution < -0.4 is 10.6 Å². The number of aliphatic imine (C=N–C) groups is 1. The lowest BCUT2D eigenvalue weighted by Crippen LogP contribution is -2.37. The number of hydrogen-bond acceptors (Lipinski definition) is 3. The Balaban J connectivity index is 0.00000361. The third-order valence-electron chi connectivity index (χ3n) is 2.71. The number of nitrogens with one attached hydrogen (secondary N) is 2. The summed E-state index contributed by atoms with van der Waals surface area (Å²) in [5.74, 6) is 0.895. The summed E-state index contributed by atoms with van der Waals surface area (Å²) in [6.07, 6.45) is 6.98. The number of unbranched alkanes of at least 4 members (excludes halogenated alkanes) is 3. The standard InChI is InChI=1S/C14H26N4S.HI/c1-4-6-7-8-9-16-14(15-5-2)18-11-13-17-10-12(3)19-13;/h10H,4-9,11H2,1-3H3,(H2,15,16,18);1H. The second-order valence-corrected chi connectivity index (χ2v) is 5.87. The van der Waals surface area contributed by atoms with Gasteiger partial charge in [-0.25, -0.2) is 9.98 Å². The molecule has 6 heteroatoms. The van der Waals surface area contributed by atoms with Gasteiger partial charge in [-0.05, 0) is 20.3 Å².